The average Bonchev–Trinajstić information content (AvgIpc) is 2.65. The number of amides is 2. The largest absolute Gasteiger partial charge is 0.480 e. The lowest BCUT2D eigenvalue weighted by molar-refractivity contribution is -0.141. The van der Waals surface area contributed by atoms with Crippen molar-refractivity contribution in [2.75, 3.05) is 26.7 Å². The molecule has 6 nitrogen and oxygen atoms in total. The van der Waals surface area contributed by atoms with E-state index >= 15 is 0 Å². The van der Waals surface area contributed by atoms with E-state index in [0.29, 0.717) is 13.0 Å². The lowest BCUT2D eigenvalue weighted by Gasteiger charge is -2.27. The van der Waals surface area contributed by atoms with Crippen molar-refractivity contribution in [1.82, 2.24) is 9.80 Å². The number of rotatable bonds is 3. The molecule has 86 valence electrons. The number of urea groups is 1. The summed E-state index contributed by atoms with van der Waals surface area (Å²) in [6, 6.07) is -1.03. The van der Waals surface area contributed by atoms with Gasteiger partial charge in [-0.05, 0) is 12.8 Å². The fourth-order valence-electron chi connectivity index (χ4n) is 1.72. The molecule has 0 radical (unpaired) electrons. The van der Waals surface area contributed by atoms with Gasteiger partial charge in [0.05, 0.1) is 6.61 Å². The first kappa shape index (κ1) is 11.8. The number of likely N-dealkylation sites (N-methyl/N-ethyl adjacent to an activating group) is 1. The van der Waals surface area contributed by atoms with Crippen LogP contribution >= 0.6 is 0 Å². The van der Waals surface area contributed by atoms with Crippen LogP contribution in [0.1, 0.15) is 12.8 Å². The zero-order chi connectivity index (χ0) is 11.4. The number of nitrogens with zero attached hydrogens (tertiary/aromatic N) is 2. The molecule has 0 bridgehead atoms. The Kier molecular flexibility index (Phi) is 3.90. The first-order chi connectivity index (χ1) is 7.07. The third-order valence-electron chi connectivity index (χ3n) is 2.55. The Bertz CT molecular complexity index is 256. The summed E-state index contributed by atoms with van der Waals surface area (Å²) in [5, 5.41) is 17.6. The molecule has 1 aliphatic heterocycles. The number of aliphatic hydroxyl groups is 1. The number of carboxylic acids is 1. The molecule has 0 saturated carbocycles. The predicted octanol–water partition coefficient (Wildman–Crippen LogP) is -0.421. The van der Waals surface area contributed by atoms with Crippen LogP contribution in [0, 0.1) is 0 Å². The van der Waals surface area contributed by atoms with Crippen molar-refractivity contribution in [2.45, 2.75) is 18.9 Å². The number of carboxylic acid groups (broad SMARTS) is 1. The van der Waals surface area contributed by atoms with E-state index in [1.807, 2.05) is 0 Å². The molecule has 0 spiro atoms. The molecule has 1 rings (SSSR count). The van der Waals surface area contributed by atoms with E-state index in [9.17, 15) is 9.59 Å². The van der Waals surface area contributed by atoms with Gasteiger partial charge in [0.25, 0.3) is 0 Å². The zero-order valence-corrected chi connectivity index (χ0v) is 8.72. The van der Waals surface area contributed by atoms with E-state index in [1.54, 1.807) is 7.05 Å². The molecule has 1 aliphatic rings. The van der Waals surface area contributed by atoms with Crippen molar-refractivity contribution in [3.8, 4) is 0 Å². The van der Waals surface area contributed by atoms with Crippen molar-refractivity contribution < 1.29 is 19.8 Å². The van der Waals surface area contributed by atoms with Crippen LogP contribution in [0.3, 0.4) is 0 Å². The molecule has 0 aromatic rings. The summed E-state index contributed by atoms with van der Waals surface area (Å²) in [5.74, 6) is -0.960. The molecule has 1 fully saturated rings. The van der Waals surface area contributed by atoms with Crippen LogP contribution in [0.5, 0.6) is 0 Å². The molecule has 1 heterocycles. The molecule has 0 aliphatic carbocycles. The number of carbonyl (C=O) groups excluding carboxylic acids is 1. The molecule has 6 heteroatoms. The second-order valence-electron chi connectivity index (χ2n) is 3.62. The first-order valence-electron chi connectivity index (χ1n) is 4.93. The minimum Gasteiger partial charge on any atom is -0.480 e. The van der Waals surface area contributed by atoms with Crippen molar-refractivity contribution in [2.24, 2.45) is 0 Å². The van der Waals surface area contributed by atoms with E-state index in [2.05, 4.69) is 0 Å². The second-order valence-corrected chi connectivity index (χ2v) is 3.62. The molecule has 1 saturated heterocycles. The average molecular weight is 216 g/mol. The summed E-state index contributed by atoms with van der Waals surface area (Å²) >= 11 is 0. The molecular formula is C9H16N2O4. The summed E-state index contributed by atoms with van der Waals surface area (Å²) < 4.78 is 0. The van der Waals surface area contributed by atoms with Gasteiger partial charge in [-0.1, -0.05) is 0 Å². The molecule has 2 N–H and O–H groups in total. The Hall–Kier alpha value is -1.30. The molecule has 2 amide bonds. The summed E-state index contributed by atoms with van der Waals surface area (Å²) in [6.07, 6.45) is 1.23. The van der Waals surface area contributed by atoms with Gasteiger partial charge in [-0.3, -0.25) is 0 Å². The normalized spacial score (nSPS) is 20.4. The number of hydrogen-bond acceptors (Lipinski definition) is 3. The van der Waals surface area contributed by atoms with Crippen LogP contribution in [0.4, 0.5) is 4.79 Å². The Morgan fingerprint density at radius 1 is 1.53 bits per heavy atom. The fraction of sp³-hybridized carbons (Fsp3) is 0.778. The highest BCUT2D eigenvalue weighted by atomic mass is 16.4. The van der Waals surface area contributed by atoms with Gasteiger partial charge in [0, 0.05) is 20.1 Å². The highest BCUT2D eigenvalue weighted by molar-refractivity contribution is 5.83. The number of aliphatic hydroxyl groups excluding tert-OH is 1. The first-order valence-corrected chi connectivity index (χ1v) is 4.93. The maximum Gasteiger partial charge on any atom is 0.326 e. The van der Waals surface area contributed by atoms with Gasteiger partial charge in [0.1, 0.15) is 6.04 Å². The third-order valence-corrected chi connectivity index (χ3v) is 2.55. The van der Waals surface area contributed by atoms with Crippen molar-refractivity contribution >= 4 is 12.0 Å². The summed E-state index contributed by atoms with van der Waals surface area (Å²) in [6.45, 7) is 0.584. The lowest BCUT2D eigenvalue weighted by atomic mass is 10.2. The van der Waals surface area contributed by atoms with E-state index in [0.717, 1.165) is 6.42 Å². The van der Waals surface area contributed by atoms with E-state index in [1.165, 1.54) is 9.80 Å². The lowest BCUT2D eigenvalue weighted by Crippen LogP contribution is -2.47. The number of hydrogen-bond donors (Lipinski definition) is 2. The van der Waals surface area contributed by atoms with Crippen LogP contribution in [-0.2, 0) is 4.79 Å². The van der Waals surface area contributed by atoms with Gasteiger partial charge < -0.3 is 20.0 Å². The van der Waals surface area contributed by atoms with Crippen molar-refractivity contribution in [3.05, 3.63) is 0 Å². The van der Waals surface area contributed by atoms with Gasteiger partial charge in [-0.2, -0.15) is 0 Å². The van der Waals surface area contributed by atoms with E-state index < -0.39 is 12.0 Å². The van der Waals surface area contributed by atoms with Gasteiger partial charge in [-0.15, -0.1) is 0 Å². The molecule has 15 heavy (non-hydrogen) atoms. The Balaban J connectivity index is 2.62. The molecule has 0 aromatic carbocycles. The zero-order valence-electron chi connectivity index (χ0n) is 8.72. The van der Waals surface area contributed by atoms with Gasteiger partial charge in [0.2, 0.25) is 0 Å². The van der Waals surface area contributed by atoms with Gasteiger partial charge >= 0.3 is 12.0 Å². The van der Waals surface area contributed by atoms with Crippen LogP contribution in [0.15, 0.2) is 0 Å². The highest BCUT2D eigenvalue weighted by Gasteiger charge is 2.35. The van der Waals surface area contributed by atoms with Gasteiger partial charge in [-0.25, -0.2) is 9.59 Å². The minimum atomic E-state index is -0.960. The topological polar surface area (TPSA) is 81.1 Å². The molecule has 0 unspecified atom stereocenters. The Morgan fingerprint density at radius 3 is 2.73 bits per heavy atom. The number of likely N-dealkylation sites (tertiary alicyclic amines) is 1. The van der Waals surface area contributed by atoms with E-state index in [-0.39, 0.29) is 19.2 Å². The van der Waals surface area contributed by atoms with Crippen molar-refractivity contribution in [3.63, 3.8) is 0 Å². The maximum absolute atomic E-state index is 11.7. The minimum absolute atomic E-state index is 0.117. The quantitative estimate of drug-likeness (QED) is 0.671. The van der Waals surface area contributed by atoms with Crippen molar-refractivity contribution in [1.29, 1.82) is 0 Å². The van der Waals surface area contributed by atoms with Crippen LogP contribution in [0.2, 0.25) is 0 Å². The van der Waals surface area contributed by atoms with Crippen LogP contribution in [-0.4, -0.2) is 64.8 Å². The van der Waals surface area contributed by atoms with Crippen LogP contribution < -0.4 is 0 Å². The monoisotopic (exact) mass is 216 g/mol. The second kappa shape index (κ2) is 4.97. The molecule has 0 aromatic heterocycles. The Morgan fingerprint density at radius 2 is 2.20 bits per heavy atom. The third kappa shape index (κ3) is 2.59. The Labute approximate surface area is 88.1 Å². The fourth-order valence-corrected chi connectivity index (χ4v) is 1.72. The summed E-state index contributed by atoms with van der Waals surface area (Å²) in [7, 11) is 1.55. The molecule has 1 atom stereocenters. The summed E-state index contributed by atoms with van der Waals surface area (Å²) in [4.78, 5) is 25.2. The van der Waals surface area contributed by atoms with E-state index in [4.69, 9.17) is 10.2 Å². The number of carbonyl (C=O) groups is 2. The predicted molar refractivity (Wildman–Crippen MR) is 52.5 cm³/mol. The van der Waals surface area contributed by atoms with Crippen LogP contribution in [0.25, 0.3) is 0 Å². The standard InChI is InChI=1S/C9H16N2O4/c1-10(5-6-12)9(15)11-4-2-3-7(11)8(13)14/h7,12H,2-6H2,1H3,(H,13,14)/t7-/m0/s1. The summed E-state index contributed by atoms with van der Waals surface area (Å²) in [5.41, 5.74) is 0. The highest BCUT2D eigenvalue weighted by Crippen LogP contribution is 2.18. The SMILES string of the molecule is CN(CCO)C(=O)N1CCC[C@H]1C(=O)O. The molecular weight excluding hydrogens is 200 g/mol. The number of aliphatic carboxylic acids is 1. The maximum atomic E-state index is 11.7. The van der Waals surface area contributed by atoms with Gasteiger partial charge in [0.15, 0.2) is 0 Å². The smallest absolute Gasteiger partial charge is 0.326 e.